The van der Waals surface area contributed by atoms with Crippen molar-refractivity contribution in [2.24, 2.45) is 0 Å². The topological polar surface area (TPSA) is 83.9 Å². The molecule has 31 heavy (non-hydrogen) atoms. The molecule has 166 valence electrons. The molecule has 1 aromatic carbocycles. The van der Waals surface area contributed by atoms with E-state index >= 15 is 0 Å². The summed E-state index contributed by atoms with van der Waals surface area (Å²) in [5.41, 5.74) is -0.544. The highest BCUT2D eigenvalue weighted by Crippen LogP contribution is 2.36. The van der Waals surface area contributed by atoms with E-state index in [1.54, 1.807) is 6.07 Å². The summed E-state index contributed by atoms with van der Waals surface area (Å²) in [4.78, 5) is 17.8. The molecule has 4 rings (SSSR count). The number of methoxy groups -OCH3 is 1. The van der Waals surface area contributed by atoms with Crippen molar-refractivity contribution in [3.8, 4) is 5.75 Å². The Kier molecular flexibility index (Phi) is 6.25. The number of anilines is 2. The van der Waals surface area contributed by atoms with Crippen LogP contribution in [0, 0.1) is 5.82 Å². The number of halogens is 3. The zero-order chi connectivity index (χ0) is 22.2. The Morgan fingerprint density at radius 2 is 2.19 bits per heavy atom. The Bertz CT molecular complexity index is 1010. The number of piperidine rings is 1. The summed E-state index contributed by atoms with van der Waals surface area (Å²) in [5.74, 6) is 0.261. The molecule has 0 radical (unpaired) electrons. The number of carbonyl (C=O) groups excluding carboxylic acids is 1. The van der Waals surface area contributed by atoms with Crippen LogP contribution in [-0.2, 0) is 16.0 Å². The lowest BCUT2D eigenvalue weighted by Gasteiger charge is -2.44. The summed E-state index contributed by atoms with van der Waals surface area (Å²) in [5, 5.41) is 14.7. The van der Waals surface area contributed by atoms with Gasteiger partial charge in [0, 0.05) is 38.4 Å². The molecule has 1 amide bonds. The SMILES string of the molecule is COC1CN(c2ncc(Cl)cc2Cl)CCC1(O)COc1ccc(F)c2c1CCC(=O)N2. The Morgan fingerprint density at radius 3 is 2.94 bits per heavy atom. The van der Waals surface area contributed by atoms with Gasteiger partial charge in [-0.2, -0.15) is 0 Å². The molecule has 7 nitrogen and oxygen atoms in total. The van der Waals surface area contributed by atoms with Gasteiger partial charge in [-0.1, -0.05) is 23.2 Å². The summed E-state index contributed by atoms with van der Waals surface area (Å²) >= 11 is 12.2. The van der Waals surface area contributed by atoms with Gasteiger partial charge in [0.25, 0.3) is 0 Å². The van der Waals surface area contributed by atoms with E-state index in [-0.39, 0.29) is 24.6 Å². The second-order valence-electron chi connectivity index (χ2n) is 7.72. The molecule has 1 fully saturated rings. The maximum atomic E-state index is 14.1. The van der Waals surface area contributed by atoms with Crippen molar-refractivity contribution in [1.29, 1.82) is 0 Å². The quantitative estimate of drug-likeness (QED) is 0.697. The number of nitrogens with one attached hydrogen (secondary N) is 1. The van der Waals surface area contributed by atoms with Crippen molar-refractivity contribution in [2.75, 3.05) is 37.0 Å². The maximum absolute atomic E-state index is 14.1. The number of aliphatic hydroxyl groups is 1. The molecule has 2 aliphatic rings. The Balaban J connectivity index is 1.49. The predicted octanol–water partition coefficient (Wildman–Crippen LogP) is 3.45. The van der Waals surface area contributed by atoms with Gasteiger partial charge in [-0.15, -0.1) is 0 Å². The van der Waals surface area contributed by atoms with Gasteiger partial charge in [0.1, 0.15) is 35.7 Å². The average molecular weight is 470 g/mol. The molecule has 2 unspecified atom stereocenters. The normalized spacial score (nSPS) is 23.3. The van der Waals surface area contributed by atoms with Gasteiger partial charge >= 0.3 is 0 Å². The number of ether oxygens (including phenoxy) is 2. The van der Waals surface area contributed by atoms with Gasteiger partial charge in [-0.3, -0.25) is 4.79 Å². The molecule has 1 aromatic heterocycles. The first-order valence-corrected chi connectivity index (χ1v) is 10.6. The first-order chi connectivity index (χ1) is 14.8. The molecule has 2 aromatic rings. The van der Waals surface area contributed by atoms with Crippen LogP contribution in [0.1, 0.15) is 18.4 Å². The summed E-state index contributed by atoms with van der Waals surface area (Å²) in [6.45, 7) is 0.779. The molecular formula is C21H22Cl2FN3O4. The average Bonchev–Trinajstić information content (AvgIpc) is 2.74. The van der Waals surface area contributed by atoms with Crippen molar-refractivity contribution in [2.45, 2.75) is 31.0 Å². The van der Waals surface area contributed by atoms with Crippen LogP contribution in [0.4, 0.5) is 15.9 Å². The molecule has 0 bridgehead atoms. The van der Waals surface area contributed by atoms with E-state index in [2.05, 4.69) is 10.3 Å². The lowest BCUT2D eigenvalue weighted by Crippen LogP contribution is -2.59. The number of amides is 1. The Morgan fingerprint density at radius 1 is 1.39 bits per heavy atom. The van der Waals surface area contributed by atoms with Gasteiger partial charge in [-0.25, -0.2) is 9.37 Å². The first-order valence-electron chi connectivity index (χ1n) is 9.86. The number of benzene rings is 1. The van der Waals surface area contributed by atoms with Crippen molar-refractivity contribution in [3.05, 3.63) is 45.8 Å². The number of aromatic nitrogens is 1. The summed E-state index contributed by atoms with van der Waals surface area (Å²) in [6.07, 6.45) is 1.90. The highest BCUT2D eigenvalue weighted by atomic mass is 35.5. The molecule has 10 heteroatoms. The first kappa shape index (κ1) is 22.1. The summed E-state index contributed by atoms with van der Waals surface area (Å²) in [6, 6.07) is 4.38. The van der Waals surface area contributed by atoms with E-state index in [9.17, 15) is 14.3 Å². The van der Waals surface area contributed by atoms with E-state index in [0.29, 0.717) is 53.1 Å². The molecule has 0 aliphatic carbocycles. The van der Waals surface area contributed by atoms with Crippen molar-refractivity contribution >= 4 is 40.6 Å². The largest absolute Gasteiger partial charge is 0.490 e. The van der Waals surface area contributed by atoms with Crippen LogP contribution in [0.15, 0.2) is 24.4 Å². The van der Waals surface area contributed by atoms with Crippen LogP contribution in [0.2, 0.25) is 10.0 Å². The fourth-order valence-corrected chi connectivity index (χ4v) is 4.50. The number of pyridine rings is 1. The third-order valence-electron chi connectivity index (χ3n) is 5.74. The molecule has 1 saturated heterocycles. The van der Waals surface area contributed by atoms with E-state index in [1.165, 1.54) is 25.4 Å². The third kappa shape index (κ3) is 4.43. The Labute approximate surface area is 189 Å². The highest BCUT2D eigenvalue weighted by molar-refractivity contribution is 6.36. The van der Waals surface area contributed by atoms with Gasteiger partial charge in [0.15, 0.2) is 0 Å². The number of hydrogen-bond acceptors (Lipinski definition) is 6. The van der Waals surface area contributed by atoms with Gasteiger partial charge in [-0.05, 0) is 31.0 Å². The van der Waals surface area contributed by atoms with E-state index in [4.69, 9.17) is 32.7 Å². The number of hydrogen-bond donors (Lipinski definition) is 2. The molecule has 2 atom stereocenters. The number of nitrogens with zero attached hydrogens (tertiary/aromatic N) is 2. The van der Waals surface area contributed by atoms with Gasteiger partial charge in [0.05, 0.1) is 15.7 Å². The number of fused-ring (bicyclic) bond motifs is 1. The van der Waals surface area contributed by atoms with E-state index in [1.807, 2.05) is 4.90 Å². The third-order valence-corrected chi connectivity index (χ3v) is 6.22. The van der Waals surface area contributed by atoms with Crippen LogP contribution >= 0.6 is 23.2 Å². The molecular weight excluding hydrogens is 448 g/mol. The molecule has 0 saturated carbocycles. The monoisotopic (exact) mass is 469 g/mol. The van der Waals surface area contributed by atoms with Crippen molar-refractivity contribution < 1.29 is 23.8 Å². The standard InChI is InChI=1S/C21H22Cl2FN3O4/c1-30-17-10-27(20-14(23)8-12(22)9-25-20)7-6-21(17,29)11-31-16-4-3-15(24)19-13(16)2-5-18(28)26-19/h3-4,8-9,17,29H,2,5-7,10-11H2,1H3,(H,26,28). The number of rotatable bonds is 5. The zero-order valence-electron chi connectivity index (χ0n) is 16.8. The second-order valence-corrected chi connectivity index (χ2v) is 8.56. The lowest BCUT2D eigenvalue weighted by atomic mass is 9.89. The van der Waals surface area contributed by atoms with E-state index < -0.39 is 17.5 Å². The second kappa shape index (κ2) is 8.78. The van der Waals surface area contributed by atoms with Crippen molar-refractivity contribution in [3.63, 3.8) is 0 Å². The minimum absolute atomic E-state index is 0.0485. The van der Waals surface area contributed by atoms with Crippen LogP contribution in [0.5, 0.6) is 5.75 Å². The fourth-order valence-electron chi connectivity index (χ4n) is 4.00. The van der Waals surface area contributed by atoms with E-state index in [0.717, 1.165) is 0 Å². The molecule has 0 spiro atoms. The minimum Gasteiger partial charge on any atom is -0.490 e. The summed E-state index contributed by atoms with van der Waals surface area (Å²) < 4.78 is 25.6. The van der Waals surface area contributed by atoms with Crippen LogP contribution in [0.3, 0.4) is 0 Å². The highest BCUT2D eigenvalue weighted by Gasteiger charge is 2.43. The van der Waals surface area contributed by atoms with Crippen LogP contribution in [0.25, 0.3) is 0 Å². The van der Waals surface area contributed by atoms with Gasteiger partial charge in [0.2, 0.25) is 5.91 Å². The van der Waals surface area contributed by atoms with Crippen molar-refractivity contribution in [1.82, 2.24) is 4.98 Å². The number of carbonyl (C=O) groups is 1. The smallest absolute Gasteiger partial charge is 0.224 e. The molecule has 2 N–H and O–H groups in total. The molecule has 2 aliphatic heterocycles. The van der Waals surface area contributed by atoms with Gasteiger partial charge < -0.3 is 24.8 Å². The fraction of sp³-hybridized carbons (Fsp3) is 0.429. The lowest BCUT2D eigenvalue weighted by molar-refractivity contribution is -0.123. The maximum Gasteiger partial charge on any atom is 0.224 e. The minimum atomic E-state index is -1.27. The van der Waals surface area contributed by atoms with Crippen LogP contribution in [-0.4, -0.2) is 54.5 Å². The zero-order valence-corrected chi connectivity index (χ0v) is 18.3. The molecule has 3 heterocycles. The predicted molar refractivity (Wildman–Crippen MR) is 116 cm³/mol. The van der Waals surface area contributed by atoms with Crippen LogP contribution < -0.4 is 15.0 Å². The Hall–Kier alpha value is -2.13. The summed E-state index contributed by atoms with van der Waals surface area (Å²) in [7, 11) is 1.52.